The molecule has 3 atom stereocenters. The number of methoxy groups -OCH3 is 1. The SMILES string of the molecule is COc1cccc(N2CCC(O)(CN3[C@H](Cc4cccc(F)c4)C[C@@H]4NC(=O)CCCC[C@H]43)CC2)c1. The predicted molar refractivity (Wildman–Crippen MR) is 139 cm³/mol. The van der Waals surface area contributed by atoms with Gasteiger partial charge in [-0.3, -0.25) is 9.69 Å². The van der Waals surface area contributed by atoms with E-state index in [9.17, 15) is 14.3 Å². The van der Waals surface area contributed by atoms with Gasteiger partial charge in [-0.05, 0) is 68.4 Å². The Morgan fingerprint density at radius 2 is 1.94 bits per heavy atom. The Morgan fingerprint density at radius 3 is 2.72 bits per heavy atom. The fourth-order valence-electron chi connectivity index (χ4n) is 6.40. The summed E-state index contributed by atoms with van der Waals surface area (Å²) in [6.07, 6.45) is 6.41. The molecule has 6 nitrogen and oxygen atoms in total. The molecule has 0 radical (unpaired) electrons. The zero-order valence-electron chi connectivity index (χ0n) is 21.2. The number of hydrogen-bond donors (Lipinski definition) is 2. The second-order valence-corrected chi connectivity index (χ2v) is 10.8. The molecule has 36 heavy (non-hydrogen) atoms. The lowest BCUT2D eigenvalue weighted by molar-refractivity contribution is -0.122. The first-order valence-electron chi connectivity index (χ1n) is 13.3. The van der Waals surface area contributed by atoms with Gasteiger partial charge in [-0.2, -0.15) is 0 Å². The van der Waals surface area contributed by atoms with Crippen molar-refractivity contribution in [3.8, 4) is 5.75 Å². The van der Waals surface area contributed by atoms with Gasteiger partial charge in [-0.25, -0.2) is 4.39 Å². The van der Waals surface area contributed by atoms with Crippen LogP contribution in [0.4, 0.5) is 10.1 Å². The predicted octanol–water partition coefficient (Wildman–Crippen LogP) is 3.91. The topological polar surface area (TPSA) is 65.0 Å². The number of ether oxygens (including phenoxy) is 1. The molecule has 2 aromatic rings. The molecule has 0 unspecified atom stereocenters. The average molecular weight is 496 g/mol. The zero-order chi connectivity index (χ0) is 25.1. The van der Waals surface area contributed by atoms with Gasteiger partial charge in [0.15, 0.2) is 0 Å². The van der Waals surface area contributed by atoms with E-state index in [4.69, 9.17) is 4.74 Å². The minimum absolute atomic E-state index is 0.0804. The molecule has 3 aliphatic heterocycles. The molecule has 2 N–H and O–H groups in total. The summed E-state index contributed by atoms with van der Waals surface area (Å²) in [6, 6.07) is 15.3. The number of hydrogen-bond acceptors (Lipinski definition) is 5. The van der Waals surface area contributed by atoms with Crippen LogP contribution in [0.2, 0.25) is 0 Å². The third-order valence-electron chi connectivity index (χ3n) is 8.34. The Labute approximate surface area is 213 Å². The van der Waals surface area contributed by atoms with Crippen LogP contribution in [0.3, 0.4) is 0 Å². The Kier molecular flexibility index (Phi) is 7.49. The van der Waals surface area contributed by atoms with E-state index in [0.717, 1.165) is 55.8 Å². The van der Waals surface area contributed by atoms with E-state index in [1.54, 1.807) is 19.2 Å². The van der Waals surface area contributed by atoms with E-state index in [2.05, 4.69) is 21.2 Å². The lowest BCUT2D eigenvalue weighted by Gasteiger charge is -2.44. The molecule has 3 saturated heterocycles. The van der Waals surface area contributed by atoms with Crippen molar-refractivity contribution in [2.45, 2.75) is 75.1 Å². The Hall–Kier alpha value is -2.64. The molecule has 5 rings (SSSR count). The molecule has 0 bridgehead atoms. The van der Waals surface area contributed by atoms with Gasteiger partial charge in [0.05, 0.1) is 12.7 Å². The molecule has 194 valence electrons. The molecular weight excluding hydrogens is 457 g/mol. The molecule has 3 aliphatic rings. The summed E-state index contributed by atoms with van der Waals surface area (Å²) in [7, 11) is 1.68. The van der Waals surface area contributed by atoms with E-state index < -0.39 is 5.60 Å². The maximum absolute atomic E-state index is 13.9. The number of anilines is 1. The summed E-state index contributed by atoms with van der Waals surface area (Å²) < 4.78 is 19.3. The molecule has 0 spiro atoms. The smallest absolute Gasteiger partial charge is 0.220 e. The first kappa shape index (κ1) is 25.0. The number of piperidine rings is 1. The maximum atomic E-state index is 13.9. The second kappa shape index (κ2) is 10.8. The standard InChI is InChI=1S/C29H38FN3O3/c1-36-25-9-5-8-23(18-25)32-14-12-29(35,13-15-32)20-33-24(17-21-6-4-7-22(30)16-21)19-26-27(33)10-2-3-11-28(34)31-26/h4-9,16,18,24,26-27,35H,2-3,10-15,17,19-20H2,1H3,(H,31,34)/t24-,26+,27-/m1/s1. The van der Waals surface area contributed by atoms with Gasteiger partial charge in [0.2, 0.25) is 5.91 Å². The van der Waals surface area contributed by atoms with Crippen LogP contribution in [0.25, 0.3) is 0 Å². The number of fused-ring (bicyclic) bond motifs is 1. The quantitative estimate of drug-likeness (QED) is 0.636. The number of rotatable bonds is 6. The number of carbonyl (C=O) groups excluding carboxylic acids is 1. The Bertz CT molecular complexity index is 1060. The third-order valence-corrected chi connectivity index (χ3v) is 8.34. The highest BCUT2D eigenvalue weighted by Gasteiger charge is 2.46. The zero-order valence-corrected chi connectivity index (χ0v) is 21.2. The number of amides is 1. The summed E-state index contributed by atoms with van der Waals surface area (Å²) in [5.74, 6) is 0.740. The Balaban J connectivity index is 1.32. The van der Waals surface area contributed by atoms with Crippen molar-refractivity contribution in [3.63, 3.8) is 0 Å². The van der Waals surface area contributed by atoms with Gasteiger partial charge < -0.3 is 20.1 Å². The minimum Gasteiger partial charge on any atom is -0.497 e. The van der Waals surface area contributed by atoms with Gasteiger partial charge in [-0.15, -0.1) is 0 Å². The highest BCUT2D eigenvalue weighted by molar-refractivity contribution is 5.76. The highest BCUT2D eigenvalue weighted by Crippen LogP contribution is 2.36. The highest BCUT2D eigenvalue weighted by atomic mass is 19.1. The second-order valence-electron chi connectivity index (χ2n) is 10.8. The van der Waals surface area contributed by atoms with E-state index in [1.165, 1.54) is 6.07 Å². The average Bonchev–Trinajstić information content (AvgIpc) is 3.15. The number of halogens is 1. The first-order chi connectivity index (χ1) is 17.4. The summed E-state index contributed by atoms with van der Waals surface area (Å²) >= 11 is 0. The number of nitrogens with one attached hydrogen (secondary N) is 1. The van der Waals surface area contributed by atoms with Crippen molar-refractivity contribution in [1.82, 2.24) is 10.2 Å². The number of benzene rings is 2. The fraction of sp³-hybridized carbons (Fsp3) is 0.552. The van der Waals surface area contributed by atoms with Crippen LogP contribution >= 0.6 is 0 Å². The molecular formula is C29H38FN3O3. The van der Waals surface area contributed by atoms with Crippen molar-refractivity contribution in [3.05, 3.63) is 59.9 Å². The lowest BCUT2D eigenvalue weighted by Crippen LogP contribution is -2.55. The van der Waals surface area contributed by atoms with Crippen LogP contribution in [0.1, 0.15) is 50.5 Å². The first-order valence-corrected chi connectivity index (χ1v) is 13.3. The third kappa shape index (κ3) is 5.68. The number of aliphatic hydroxyl groups is 1. The van der Waals surface area contributed by atoms with Crippen molar-refractivity contribution < 1.29 is 19.0 Å². The van der Waals surface area contributed by atoms with Crippen LogP contribution in [0.15, 0.2) is 48.5 Å². The van der Waals surface area contributed by atoms with Crippen LogP contribution in [0.5, 0.6) is 5.75 Å². The van der Waals surface area contributed by atoms with Crippen LogP contribution in [-0.4, -0.2) is 66.4 Å². The maximum Gasteiger partial charge on any atom is 0.220 e. The van der Waals surface area contributed by atoms with E-state index in [0.29, 0.717) is 32.2 Å². The van der Waals surface area contributed by atoms with E-state index in [-0.39, 0.29) is 29.8 Å². The number of β-amino-alcohol motifs (C(OH)–C–C–N with tert-alkyl or cyclic N) is 1. The largest absolute Gasteiger partial charge is 0.497 e. The molecule has 1 amide bonds. The molecule has 3 heterocycles. The van der Waals surface area contributed by atoms with Gasteiger partial charge in [-0.1, -0.05) is 24.6 Å². The van der Waals surface area contributed by atoms with Gasteiger partial charge >= 0.3 is 0 Å². The summed E-state index contributed by atoms with van der Waals surface area (Å²) in [5.41, 5.74) is 1.28. The summed E-state index contributed by atoms with van der Waals surface area (Å²) in [5, 5.41) is 15.0. The normalized spacial score (nSPS) is 26.6. The van der Waals surface area contributed by atoms with Crippen molar-refractivity contribution in [2.24, 2.45) is 0 Å². The molecule has 2 aromatic carbocycles. The number of carbonyl (C=O) groups is 1. The molecule has 7 heteroatoms. The fourth-order valence-corrected chi connectivity index (χ4v) is 6.40. The summed E-state index contributed by atoms with van der Waals surface area (Å²) in [6.45, 7) is 2.13. The van der Waals surface area contributed by atoms with Crippen LogP contribution in [0, 0.1) is 5.82 Å². The van der Waals surface area contributed by atoms with Gasteiger partial charge in [0.25, 0.3) is 0 Å². The number of likely N-dealkylation sites (tertiary alicyclic amines) is 1. The minimum atomic E-state index is -0.795. The van der Waals surface area contributed by atoms with Crippen LogP contribution < -0.4 is 15.0 Å². The molecule has 0 aromatic heterocycles. The van der Waals surface area contributed by atoms with Crippen molar-refractivity contribution >= 4 is 11.6 Å². The number of nitrogens with zero attached hydrogens (tertiary/aromatic N) is 2. The van der Waals surface area contributed by atoms with E-state index in [1.807, 2.05) is 24.3 Å². The Morgan fingerprint density at radius 1 is 1.14 bits per heavy atom. The summed E-state index contributed by atoms with van der Waals surface area (Å²) in [4.78, 5) is 17.2. The van der Waals surface area contributed by atoms with E-state index >= 15 is 0 Å². The molecule has 0 saturated carbocycles. The monoisotopic (exact) mass is 495 g/mol. The van der Waals surface area contributed by atoms with Gasteiger partial charge in [0, 0.05) is 55.9 Å². The lowest BCUT2D eigenvalue weighted by atomic mass is 9.89. The van der Waals surface area contributed by atoms with Crippen LogP contribution in [-0.2, 0) is 11.2 Å². The van der Waals surface area contributed by atoms with Crippen molar-refractivity contribution in [1.29, 1.82) is 0 Å². The molecule has 3 fully saturated rings. The molecule has 0 aliphatic carbocycles. The van der Waals surface area contributed by atoms with Crippen molar-refractivity contribution in [2.75, 3.05) is 31.6 Å². The van der Waals surface area contributed by atoms with Gasteiger partial charge in [0.1, 0.15) is 11.6 Å².